The second kappa shape index (κ2) is 5.79. The Balaban J connectivity index is 2.14. The van der Waals surface area contributed by atoms with Crippen LogP contribution in [0.3, 0.4) is 0 Å². The summed E-state index contributed by atoms with van der Waals surface area (Å²) >= 11 is 1.59. The van der Waals surface area contributed by atoms with Crippen LogP contribution in [0.15, 0.2) is 5.38 Å². The van der Waals surface area contributed by atoms with Gasteiger partial charge >= 0.3 is 6.01 Å². The highest BCUT2D eigenvalue weighted by molar-refractivity contribution is 7.09. The molecule has 0 aromatic carbocycles. The Hall–Kier alpha value is -1.96. The van der Waals surface area contributed by atoms with Gasteiger partial charge in [-0.1, -0.05) is 0 Å². The van der Waals surface area contributed by atoms with Crippen LogP contribution in [0.5, 0.6) is 6.01 Å². The van der Waals surface area contributed by atoms with E-state index in [-0.39, 0.29) is 18.0 Å². The van der Waals surface area contributed by atoms with Gasteiger partial charge in [0.2, 0.25) is 11.9 Å². The first-order chi connectivity index (χ1) is 9.08. The molecule has 19 heavy (non-hydrogen) atoms. The van der Waals surface area contributed by atoms with Crippen molar-refractivity contribution in [3.8, 4) is 6.01 Å². The molecular formula is C11H16N6OS. The van der Waals surface area contributed by atoms with Crippen LogP contribution in [-0.4, -0.2) is 26.5 Å². The second-order valence-electron chi connectivity index (χ2n) is 3.93. The number of anilines is 2. The molecule has 7 nitrogen and oxygen atoms in total. The number of nitrogen functional groups attached to an aromatic ring is 1. The molecule has 0 saturated carbocycles. The first-order valence-corrected chi connectivity index (χ1v) is 6.79. The molecule has 2 rings (SSSR count). The highest BCUT2D eigenvalue weighted by Gasteiger charge is 2.12. The number of rotatable bonds is 5. The van der Waals surface area contributed by atoms with E-state index < -0.39 is 0 Å². The van der Waals surface area contributed by atoms with E-state index in [2.05, 4.69) is 25.3 Å². The van der Waals surface area contributed by atoms with Gasteiger partial charge in [0, 0.05) is 11.1 Å². The topological polar surface area (TPSA) is 98.8 Å². The molecular weight excluding hydrogens is 264 g/mol. The standard InChI is InChI=1S/C11H16N6OS/c1-4-18-11-16-9(12)15-10(17-11)14-7(3)8-13-6(2)5-19-8/h5,7H,4H2,1-3H3,(H3,12,14,15,16,17). The molecule has 0 fully saturated rings. The molecule has 0 amide bonds. The molecule has 1 atom stereocenters. The predicted molar refractivity (Wildman–Crippen MR) is 74.3 cm³/mol. The summed E-state index contributed by atoms with van der Waals surface area (Å²) in [5, 5.41) is 6.10. The fraction of sp³-hybridized carbons (Fsp3) is 0.455. The smallest absolute Gasteiger partial charge is 0.323 e. The van der Waals surface area contributed by atoms with Gasteiger partial charge in [-0.3, -0.25) is 0 Å². The van der Waals surface area contributed by atoms with E-state index in [0.29, 0.717) is 12.6 Å². The number of nitrogens with one attached hydrogen (secondary N) is 1. The monoisotopic (exact) mass is 280 g/mol. The lowest BCUT2D eigenvalue weighted by molar-refractivity contribution is 0.312. The van der Waals surface area contributed by atoms with Crippen LogP contribution in [0, 0.1) is 6.92 Å². The quantitative estimate of drug-likeness (QED) is 0.861. The van der Waals surface area contributed by atoms with Crippen molar-refractivity contribution in [1.82, 2.24) is 19.9 Å². The molecule has 0 saturated heterocycles. The van der Waals surface area contributed by atoms with Crippen molar-refractivity contribution in [3.05, 3.63) is 16.1 Å². The molecule has 2 aromatic rings. The van der Waals surface area contributed by atoms with Crippen LogP contribution in [0.4, 0.5) is 11.9 Å². The van der Waals surface area contributed by atoms with Crippen molar-refractivity contribution in [2.75, 3.05) is 17.7 Å². The summed E-state index contributed by atoms with van der Waals surface area (Å²) < 4.78 is 5.22. The summed E-state index contributed by atoms with van der Waals surface area (Å²) in [5.41, 5.74) is 6.61. The van der Waals surface area contributed by atoms with Crippen LogP contribution in [0.25, 0.3) is 0 Å². The van der Waals surface area contributed by atoms with Crippen LogP contribution in [0.1, 0.15) is 30.6 Å². The minimum atomic E-state index is -0.00465. The van der Waals surface area contributed by atoms with Crippen molar-refractivity contribution in [2.45, 2.75) is 26.8 Å². The summed E-state index contributed by atoms with van der Waals surface area (Å²) in [6, 6.07) is 0.218. The normalized spacial score (nSPS) is 12.2. The Morgan fingerprint density at radius 2 is 2.16 bits per heavy atom. The third-order valence-electron chi connectivity index (χ3n) is 2.26. The lowest BCUT2D eigenvalue weighted by Crippen LogP contribution is -2.12. The lowest BCUT2D eigenvalue weighted by Gasteiger charge is -2.11. The van der Waals surface area contributed by atoms with Gasteiger partial charge in [-0.25, -0.2) is 4.98 Å². The molecule has 0 radical (unpaired) electrons. The van der Waals surface area contributed by atoms with Gasteiger partial charge in [-0.05, 0) is 20.8 Å². The first kappa shape index (κ1) is 13.5. The predicted octanol–water partition coefficient (Wildman–Crippen LogP) is 1.79. The fourth-order valence-corrected chi connectivity index (χ4v) is 2.26. The largest absolute Gasteiger partial charge is 0.464 e. The number of hydrogen-bond acceptors (Lipinski definition) is 8. The molecule has 0 bridgehead atoms. The number of nitrogens with two attached hydrogens (primary N) is 1. The average molecular weight is 280 g/mol. The van der Waals surface area contributed by atoms with Crippen molar-refractivity contribution < 1.29 is 4.74 Å². The van der Waals surface area contributed by atoms with Crippen LogP contribution in [-0.2, 0) is 0 Å². The van der Waals surface area contributed by atoms with Crippen LogP contribution in [0.2, 0.25) is 0 Å². The molecule has 3 N–H and O–H groups in total. The molecule has 2 heterocycles. The highest BCUT2D eigenvalue weighted by atomic mass is 32.1. The zero-order valence-electron chi connectivity index (χ0n) is 11.0. The molecule has 1 unspecified atom stereocenters. The Bertz CT molecular complexity index is 558. The van der Waals surface area contributed by atoms with Crippen molar-refractivity contribution in [3.63, 3.8) is 0 Å². The van der Waals surface area contributed by atoms with E-state index in [1.54, 1.807) is 11.3 Å². The number of ether oxygens (including phenoxy) is 1. The molecule has 0 aliphatic rings. The summed E-state index contributed by atoms with van der Waals surface area (Å²) in [7, 11) is 0. The van der Waals surface area contributed by atoms with E-state index in [4.69, 9.17) is 10.5 Å². The van der Waals surface area contributed by atoms with E-state index in [0.717, 1.165) is 10.7 Å². The molecule has 102 valence electrons. The maximum Gasteiger partial charge on any atom is 0.323 e. The number of aromatic nitrogens is 4. The summed E-state index contributed by atoms with van der Waals surface area (Å²) in [6.45, 7) is 6.28. The van der Waals surface area contributed by atoms with E-state index in [1.807, 2.05) is 26.2 Å². The number of hydrogen-bond donors (Lipinski definition) is 2. The second-order valence-corrected chi connectivity index (χ2v) is 4.82. The van der Waals surface area contributed by atoms with Crippen molar-refractivity contribution in [2.24, 2.45) is 0 Å². The zero-order valence-corrected chi connectivity index (χ0v) is 11.9. The fourth-order valence-electron chi connectivity index (χ4n) is 1.46. The van der Waals surface area contributed by atoms with Crippen LogP contribution >= 0.6 is 11.3 Å². The Kier molecular flexibility index (Phi) is 4.10. The summed E-state index contributed by atoms with van der Waals surface area (Å²) in [6.07, 6.45) is 0. The average Bonchev–Trinajstić information content (AvgIpc) is 2.75. The van der Waals surface area contributed by atoms with Gasteiger partial charge < -0.3 is 15.8 Å². The first-order valence-electron chi connectivity index (χ1n) is 5.91. The van der Waals surface area contributed by atoms with Gasteiger partial charge in [0.05, 0.1) is 12.6 Å². The summed E-state index contributed by atoms with van der Waals surface area (Å²) in [5.74, 6) is 0.514. The third-order valence-corrected chi connectivity index (χ3v) is 3.40. The van der Waals surface area contributed by atoms with Gasteiger partial charge in [0.1, 0.15) is 5.01 Å². The minimum Gasteiger partial charge on any atom is -0.464 e. The summed E-state index contributed by atoms with van der Waals surface area (Å²) in [4.78, 5) is 16.5. The highest BCUT2D eigenvalue weighted by Crippen LogP contribution is 2.21. The SMILES string of the molecule is CCOc1nc(N)nc(NC(C)c2nc(C)cs2)n1. The van der Waals surface area contributed by atoms with Gasteiger partial charge in [0.25, 0.3) is 0 Å². The third kappa shape index (κ3) is 3.50. The maximum absolute atomic E-state index is 5.61. The Morgan fingerprint density at radius 1 is 1.37 bits per heavy atom. The number of nitrogens with zero attached hydrogens (tertiary/aromatic N) is 4. The molecule has 8 heteroatoms. The van der Waals surface area contributed by atoms with Crippen molar-refractivity contribution >= 4 is 23.2 Å². The lowest BCUT2D eigenvalue weighted by atomic mass is 10.3. The van der Waals surface area contributed by atoms with Crippen LogP contribution < -0.4 is 15.8 Å². The molecule has 0 aliphatic heterocycles. The number of aryl methyl sites for hydroxylation is 1. The van der Waals surface area contributed by atoms with E-state index in [1.165, 1.54) is 0 Å². The Morgan fingerprint density at radius 3 is 2.79 bits per heavy atom. The van der Waals surface area contributed by atoms with Crippen molar-refractivity contribution in [1.29, 1.82) is 0 Å². The Labute approximate surface area is 115 Å². The van der Waals surface area contributed by atoms with E-state index in [9.17, 15) is 0 Å². The van der Waals surface area contributed by atoms with Gasteiger partial charge in [0.15, 0.2) is 0 Å². The zero-order chi connectivity index (χ0) is 13.8. The maximum atomic E-state index is 5.61. The molecule has 0 aliphatic carbocycles. The van der Waals surface area contributed by atoms with E-state index >= 15 is 0 Å². The molecule has 0 spiro atoms. The molecule has 2 aromatic heterocycles. The minimum absolute atomic E-state index is 0.00465. The number of thiazole rings is 1. The van der Waals surface area contributed by atoms with Gasteiger partial charge in [-0.15, -0.1) is 11.3 Å². The van der Waals surface area contributed by atoms with Gasteiger partial charge in [-0.2, -0.15) is 15.0 Å².